The normalized spacial score (nSPS) is 12.2. The molecule has 2 aromatic carbocycles. The van der Waals surface area contributed by atoms with Gasteiger partial charge in [0.25, 0.3) is 0 Å². The van der Waals surface area contributed by atoms with E-state index in [2.05, 4.69) is 0 Å². The number of nitrogens with two attached hydrogens (primary N) is 1. The van der Waals surface area contributed by atoms with E-state index < -0.39 is 0 Å². The summed E-state index contributed by atoms with van der Waals surface area (Å²) in [7, 11) is 0. The van der Waals surface area contributed by atoms with Crippen molar-refractivity contribution in [1.82, 2.24) is 0 Å². The molecule has 2 nitrogen and oxygen atoms in total. The molecule has 0 aromatic heterocycles. The Balaban J connectivity index is 2.32. The summed E-state index contributed by atoms with van der Waals surface area (Å²) in [5.74, 6) is 0.562. The fourth-order valence-corrected chi connectivity index (χ4v) is 2.13. The van der Waals surface area contributed by atoms with E-state index in [1.165, 1.54) is 12.1 Å². The van der Waals surface area contributed by atoms with Gasteiger partial charge in [-0.3, -0.25) is 0 Å². The topological polar surface area (TPSA) is 35.2 Å². The largest absolute Gasteiger partial charge is 0.494 e. The quantitative estimate of drug-likeness (QED) is 0.910. The molecule has 0 saturated carbocycles. The van der Waals surface area contributed by atoms with Crippen LogP contribution >= 0.6 is 0 Å². The van der Waals surface area contributed by atoms with Crippen molar-refractivity contribution >= 4 is 0 Å². The van der Waals surface area contributed by atoms with Crippen LogP contribution in [0.15, 0.2) is 42.5 Å². The van der Waals surface area contributed by atoms with E-state index in [1.54, 1.807) is 6.07 Å². The highest BCUT2D eigenvalue weighted by molar-refractivity contribution is 5.39. The molecule has 19 heavy (non-hydrogen) atoms. The lowest BCUT2D eigenvalue weighted by Gasteiger charge is -2.16. The molecule has 1 unspecified atom stereocenters. The minimum absolute atomic E-state index is 0.239. The van der Waals surface area contributed by atoms with E-state index in [0.29, 0.717) is 6.61 Å². The third-order valence-corrected chi connectivity index (χ3v) is 3.10. The molecule has 0 aliphatic heterocycles. The molecule has 2 rings (SSSR count). The molecule has 1 atom stereocenters. The average molecular weight is 259 g/mol. The Morgan fingerprint density at radius 3 is 2.68 bits per heavy atom. The molecule has 0 aliphatic rings. The monoisotopic (exact) mass is 259 g/mol. The summed E-state index contributed by atoms with van der Waals surface area (Å²) in [5.41, 5.74) is 9.00. The van der Waals surface area contributed by atoms with Gasteiger partial charge in [0.1, 0.15) is 11.6 Å². The van der Waals surface area contributed by atoms with Gasteiger partial charge in [-0.2, -0.15) is 0 Å². The van der Waals surface area contributed by atoms with Crippen LogP contribution in [-0.2, 0) is 0 Å². The molecule has 2 N–H and O–H groups in total. The minimum atomic E-state index is -0.277. The zero-order valence-electron chi connectivity index (χ0n) is 11.2. The SMILES string of the molecule is CCOc1cccc(C(N)c2ccc(F)cc2C)c1. The number of aryl methyl sites for hydroxylation is 1. The molecule has 0 amide bonds. The third-order valence-electron chi connectivity index (χ3n) is 3.10. The Kier molecular flexibility index (Phi) is 4.17. The number of hydrogen-bond acceptors (Lipinski definition) is 2. The first kappa shape index (κ1) is 13.6. The summed E-state index contributed by atoms with van der Waals surface area (Å²) in [4.78, 5) is 0. The van der Waals surface area contributed by atoms with Crippen LogP contribution in [0.2, 0.25) is 0 Å². The first-order valence-corrected chi connectivity index (χ1v) is 6.36. The maximum Gasteiger partial charge on any atom is 0.123 e. The van der Waals surface area contributed by atoms with Gasteiger partial charge < -0.3 is 10.5 Å². The zero-order chi connectivity index (χ0) is 13.8. The van der Waals surface area contributed by atoms with Gasteiger partial charge in [-0.1, -0.05) is 18.2 Å². The maximum atomic E-state index is 13.1. The second-order valence-electron chi connectivity index (χ2n) is 4.48. The molecular weight excluding hydrogens is 241 g/mol. The second-order valence-corrected chi connectivity index (χ2v) is 4.48. The van der Waals surface area contributed by atoms with Crippen molar-refractivity contribution in [3.05, 3.63) is 65.0 Å². The summed E-state index contributed by atoms with van der Waals surface area (Å²) in [6.07, 6.45) is 0. The van der Waals surface area contributed by atoms with Crippen molar-refractivity contribution in [2.75, 3.05) is 6.61 Å². The van der Waals surface area contributed by atoms with Crippen molar-refractivity contribution in [3.63, 3.8) is 0 Å². The van der Waals surface area contributed by atoms with Crippen molar-refractivity contribution in [1.29, 1.82) is 0 Å². The van der Waals surface area contributed by atoms with Crippen molar-refractivity contribution in [2.24, 2.45) is 5.73 Å². The number of halogens is 1. The van der Waals surface area contributed by atoms with Crippen LogP contribution < -0.4 is 10.5 Å². The van der Waals surface area contributed by atoms with Gasteiger partial charge in [-0.15, -0.1) is 0 Å². The highest BCUT2D eigenvalue weighted by Gasteiger charge is 2.12. The Morgan fingerprint density at radius 1 is 1.21 bits per heavy atom. The molecule has 0 spiro atoms. The highest BCUT2D eigenvalue weighted by Crippen LogP contribution is 2.25. The zero-order valence-corrected chi connectivity index (χ0v) is 11.2. The van der Waals surface area contributed by atoms with Gasteiger partial charge in [-0.05, 0) is 54.8 Å². The van der Waals surface area contributed by atoms with Crippen molar-refractivity contribution in [3.8, 4) is 5.75 Å². The van der Waals surface area contributed by atoms with Crippen LogP contribution in [0.25, 0.3) is 0 Å². The minimum Gasteiger partial charge on any atom is -0.494 e. The maximum absolute atomic E-state index is 13.1. The van der Waals surface area contributed by atoms with Gasteiger partial charge in [0.2, 0.25) is 0 Å². The van der Waals surface area contributed by atoms with E-state index in [9.17, 15) is 4.39 Å². The fourth-order valence-electron chi connectivity index (χ4n) is 2.13. The summed E-state index contributed by atoms with van der Waals surface area (Å²) in [6, 6.07) is 12.1. The van der Waals surface area contributed by atoms with Gasteiger partial charge in [0, 0.05) is 0 Å². The van der Waals surface area contributed by atoms with Gasteiger partial charge in [0.05, 0.1) is 12.6 Å². The van der Waals surface area contributed by atoms with Crippen LogP contribution in [0.1, 0.15) is 29.7 Å². The van der Waals surface area contributed by atoms with Gasteiger partial charge in [0.15, 0.2) is 0 Å². The standard InChI is InChI=1S/C16H18FNO/c1-3-19-14-6-4-5-12(10-14)16(18)15-8-7-13(17)9-11(15)2/h4-10,16H,3,18H2,1-2H3. The van der Waals surface area contributed by atoms with Crippen LogP contribution in [0.5, 0.6) is 5.75 Å². The average Bonchev–Trinajstić information content (AvgIpc) is 2.39. The predicted octanol–water partition coefficient (Wildman–Crippen LogP) is 3.58. The van der Waals surface area contributed by atoms with Crippen LogP contribution in [0.3, 0.4) is 0 Å². The first-order valence-electron chi connectivity index (χ1n) is 6.36. The molecule has 2 aromatic rings. The summed E-state index contributed by atoms with van der Waals surface area (Å²) < 4.78 is 18.6. The predicted molar refractivity (Wildman–Crippen MR) is 74.8 cm³/mol. The number of hydrogen-bond donors (Lipinski definition) is 1. The lowest BCUT2D eigenvalue weighted by molar-refractivity contribution is 0.340. The Morgan fingerprint density at radius 2 is 2.00 bits per heavy atom. The van der Waals surface area contributed by atoms with Crippen LogP contribution in [0.4, 0.5) is 4.39 Å². The molecule has 0 bridgehead atoms. The van der Waals surface area contributed by atoms with Crippen molar-refractivity contribution in [2.45, 2.75) is 19.9 Å². The van der Waals surface area contributed by atoms with E-state index in [4.69, 9.17) is 10.5 Å². The third kappa shape index (κ3) is 3.12. The Labute approximate surface area is 113 Å². The molecule has 3 heteroatoms. The van der Waals surface area contributed by atoms with Crippen LogP contribution in [0, 0.1) is 12.7 Å². The lowest BCUT2D eigenvalue weighted by Crippen LogP contribution is -2.13. The highest BCUT2D eigenvalue weighted by atomic mass is 19.1. The molecule has 0 aliphatic carbocycles. The number of rotatable bonds is 4. The van der Waals surface area contributed by atoms with E-state index in [1.807, 2.05) is 38.1 Å². The molecule has 0 saturated heterocycles. The summed E-state index contributed by atoms with van der Waals surface area (Å²) in [6.45, 7) is 4.43. The Hall–Kier alpha value is -1.87. The van der Waals surface area contributed by atoms with E-state index in [0.717, 1.165) is 22.4 Å². The smallest absolute Gasteiger partial charge is 0.123 e. The molecule has 0 radical (unpaired) electrons. The van der Waals surface area contributed by atoms with Gasteiger partial charge >= 0.3 is 0 Å². The molecule has 0 fully saturated rings. The summed E-state index contributed by atoms with van der Waals surface area (Å²) in [5, 5.41) is 0. The lowest BCUT2D eigenvalue weighted by atomic mass is 9.95. The van der Waals surface area contributed by atoms with E-state index >= 15 is 0 Å². The Bertz CT molecular complexity index is 568. The van der Waals surface area contributed by atoms with Crippen LogP contribution in [-0.4, -0.2) is 6.61 Å². The second kappa shape index (κ2) is 5.85. The number of benzene rings is 2. The molecule has 100 valence electrons. The van der Waals surface area contributed by atoms with Crippen molar-refractivity contribution < 1.29 is 9.13 Å². The summed E-state index contributed by atoms with van der Waals surface area (Å²) >= 11 is 0. The first-order chi connectivity index (χ1) is 9.11. The fraction of sp³-hybridized carbons (Fsp3) is 0.250. The van der Waals surface area contributed by atoms with E-state index in [-0.39, 0.29) is 11.9 Å². The van der Waals surface area contributed by atoms with Gasteiger partial charge in [-0.25, -0.2) is 4.39 Å². The molecule has 0 heterocycles. The number of ether oxygens (including phenoxy) is 1. The molecular formula is C16H18FNO.